The molecule has 2 aromatic heterocycles. The van der Waals surface area contributed by atoms with Crippen molar-refractivity contribution in [2.45, 2.75) is 26.3 Å². The summed E-state index contributed by atoms with van der Waals surface area (Å²) in [6.45, 7) is 3.93. The quantitative estimate of drug-likeness (QED) is 0.651. The number of aryl methyl sites for hydroxylation is 3. The van der Waals surface area contributed by atoms with Crippen molar-refractivity contribution in [3.05, 3.63) is 39.9 Å². The van der Waals surface area contributed by atoms with E-state index in [2.05, 4.69) is 20.7 Å². The third kappa shape index (κ3) is 2.60. The minimum atomic E-state index is -0.260. The van der Waals surface area contributed by atoms with E-state index in [1.807, 2.05) is 27.0 Å². The van der Waals surface area contributed by atoms with Gasteiger partial charge in [0.15, 0.2) is 0 Å². The van der Waals surface area contributed by atoms with Gasteiger partial charge in [0, 0.05) is 12.6 Å². The van der Waals surface area contributed by atoms with Gasteiger partial charge in [-0.3, -0.25) is 10.5 Å². The molecule has 2 rings (SSSR count). The Morgan fingerprint density at radius 1 is 1.47 bits per heavy atom. The first-order chi connectivity index (χ1) is 9.08. The van der Waals surface area contributed by atoms with Crippen LogP contribution in [0.4, 0.5) is 0 Å². The van der Waals surface area contributed by atoms with Crippen LogP contribution in [0.15, 0.2) is 12.3 Å². The van der Waals surface area contributed by atoms with Gasteiger partial charge in [-0.25, -0.2) is 5.43 Å². The van der Waals surface area contributed by atoms with Gasteiger partial charge in [-0.2, -0.15) is 15.3 Å². The van der Waals surface area contributed by atoms with Crippen LogP contribution in [0.1, 0.15) is 35.6 Å². The van der Waals surface area contributed by atoms with Crippen molar-refractivity contribution in [2.75, 3.05) is 0 Å². The van der Waals surface area contributed by atoms with Gasteiger partial charge in [0.1, 0.15) is 0 Å². The number of nitrogens with two attached hydrogens (primary N) is 1. The predicted octanol–water partition coefficient (Wildman–Crippen LogP) is 1.29. The largest absolute Gasteiger partial charge is 0.271 e. The van der Waals surface area contributed by atoms with Crippen LogP contribution in [-0.4, -0.2) is 20.0 Å². The Kier molecular flexibility index (Phi) is 4.14. The number of hydrogen-bond acceptors (Lipinski definition) is 5. The zero-order chi connectivity index (χ0) is 14.0. The van der Waals surface area contributed by atoms with Crippen LogP contribution in [0.3, 0.4) is 0 Å². The molecule has 102 valence electrons. The molecule has 2 aromatic rings. The summed E-state index contributed by atoms with van der Waals surface area (Å²) < 4.78 is 1.71. The van der Waals surface area contributed by atoms with Gasteiger partial charge in [-0.15, -0.1) is 0 Å². The standard InChI is InChI=1S/C12H17ClN6/c1-4-10-8(5-7(2)17-18-10)11(16-14)12-9(13)6-15-19(12)3/h5-6,11,16H,4,14H2,1-3H3. The minimum absolute atomic E-state index is 0.260. The lowest BCUT2D eigenvalue weighted by molar-refractivity contribution is 0.566. The van der Waals surface area contributed by atoms with Gasteiger partial charge in [0.25, 0.3) is 0 Å². The number of nitrogens with zero attached hydrogens (tertiary/aromatic N) is 4. The fraction of sp³-hybridized carbons (Fsp3) is 0.417. The molecule has 1 atom stereocenters. The molecule has 0 saturated heterocycles. The molecule has 0 spiro atoms. The molecule has 19 heavy (non-hydrogen) atoms. The second-order valence-electron chi connectivity index (χ2n) is 4.34. The Labute approximate surface area is 116 Å². The summed E-state index contributed by atoms with van der Waals surface area (Å²) in [5.41, 5.74) is 6.31. The van der Waals surface area contributed by atoms with E-state index in [0.717, 1.165) is 29.1 Å². The second kappa shape index (κ2) is 5.64. The molecule has 6 nitrogen and oxygen atoms in total. The maximum absolute atomic E-state index is 6.19. The monoisotopic (exact) mass is 280 g/mol. The van der Waals surface area contributed by atoms with Crippen molar-refractivity contribution in [1.29, 1.82) is 0 Å². The molecule has 0 aliphatic heterocycles. The van der Waals surface area contributed by atoms with Crippen molar-refractivity contribution < 1.29 is 0 Å². The van der Waals surface area contributed by atoms with Gasteiger partial charge in [-0.05, 0) is 19.4 Å². The molecule has 0 saturated carbocycles. The van der Waals surface area contributed by atoms with Crippen molar-refractivity contribution in [2.24, 2.45) is 12.9 Å². The van der Waals surface area contributed by atoms with Gasteiger partial charge in [-0.1, -0.05) is 18.5 Å². The van der Waals surface area contributed by atoms with Crippen molar-refractivity contribution >= 4 is 11.6 Å². The molecule has 1 unspecified atom stereocenters. The zero-order valence-corrected chi connectivity index (χ0v) is 11.9. The van der Waals surface area contributed by atoms with Crippen LogP contribution in [0, 0.1) is 6.92 Å². The summed E-state index contributed by atoms with van der Waals surface area (Å²) in [5.74, 6) is 5.71. The molecule has 0 radical (unpaired) electrons. The molecule has 0 amide bonds. The van der Waals surface area contributed by atoms with Crippen LogP contribution in [0.25, 0.3) is 0 Å². The highest BCUT2D eigenvalue weighted by molar-refractivity contribution is 6.31. The van der Waals surface area contributed by atoms with E-state index in [4.69, 9.17) is 17.4 Å². The summed E-state index contributed by atoms with van der Waals surface area (Å²) in [7, 11) is 1.83. The number of hydrazine groups is 1. The fourth-order valence-corrected chi connectivity index (χ4v) is 2.39. The Hall–Kier alpha value is -1.50. The Bertz CT molecular complexity index is 560. The van der Waals surface area contributed by atoms with E-state index in [1.165, 1.54) is 0 Å². The number of halogens is 1. The second-order valence-corrected chi connectivity index (χ2v) is 4.75. The van der Waals surface area contributed by atoms with Crippen LogP contribution in [-0.2, 0) is 13.5 Å². The van der Waals surface area contributed by atoms with Gasteiger partial charge >= 0.3 is 0 Å². The van der Waals surface area contributed by atoms with Crippen LogP contribution in [0.5, 0.6) is 0 Å². The van der Waals surface area contributed by atoms with Crippen LogP contribution >= 0.6 is 11.6 Å². The van der Waals surface area contributed by atoms with E-state index in [9.17, 15) is 0 Å². The fourth-order valence-electron chi connectivity index (χ4n) is 2.12. The molecule has 0 aromatic carbocycles. The summed E-state index contributed by atoms with van der Waals surface area (Å²) >= 11 is 6.19. The number of nitrogens with one attached hydrogen (secondary N) is 1. The lowest BCUT2D eigenvalue weighted by Gasteiger charge is -2.19. The molecule has 7 heteroatoms. The van der Waals surface area contributed by atoms with Crippen molar-refractivity contribution in [3.63, 3.8) is 0 Å². The van der Waals surface area contributed by atoms with E-state index >= 15 is 0 Å². The summed E-state index contributed by atoms with van der Waals surface area (Å²) in [5, 5.41) is 13.0. The van der Waals surface area contributed by atoms with E-state index in [1.54, 1.807) is 10.9 Å². The first-order valence-electron chi connectivity index (χ1n) is 6.05. The highest BCUT2D eigenvalue weighted by Gasteiger charge is 2.23. The van der Waals surface area contributed by atoms with Gasteiger partial charge in [0.2, 0.25) is 0 Å². The van der Waals surface area contributed by atoms with Crippen LogP contribution < -0.4 is 11.3 Å². The SMILES string of the molecule is CCc1nnc(C)cc1C(NN)c1c(Cl)cnn1C. The molecule has 0 bridgehead atoms. The summed E-state index contributed by atoms with van der Waals surface area (Å²) in [4.78, 5) is 0. The average Bonchev–Trinajstić information content (AvgIpc) is 2.72. The highest BCUT2D eigenvalue weighted by atomic mass is 35.5. The maximum atomic E-state index is 6.19. The van der Waals surface area contributed by atoms with Gasteiger partial charge < -0.3 is 0 Å². The average molecular weight is 281 g/mol. The molecular formula is C12H17ClN6. The van der Waals surface area contributed by atoms with Crippen LogP contribution in [0.2, 0.25) is 5.02 Å². The van der Waals surface area contributed by atoms with Crippen molar-refractivity contribution in [3.8, 4) is 0 Å². The number of aromatic nitrogens is 4. The molecule has 2 heterocycles. The first-order valence-corrected chi connectivity index (χ1v) is 6.42. The number of hydrogen-bond donors (Lipinski definition) is 2. The summed E-state index contributed by atoms with van der Waals surface area (Å²) in [6.07, 6.45) is 2.38. The zero-order valence-electron chi connectivity index (χ0n) is 11.2. The molecule has 0 aliphatic rings. The third-order valence-electron chi connectivity index (χ3n) is 3.05. The third-order valence-corrected chi connectivity index (χ3v) is 3.34. The molecule has 0 fully saturated rings. The van der Waals surface area contributed by atoms with E-state index in [0.29, 0.717) is 5.02 Å². The van der Waals surface area contributed by atoms with E-state index < -0.39 is 0 Å². The molecule has 0 aliphatic carbocycles. The highest BCUT2D eigenvalue weighted by Crippen LogP contribution is 2.28. The Morgan fingerprint density at radius 2 is 2.21 bits per heavy atom. The van der Waals surface area contributed by atoms with Crippen molar-refractivity contribution in [1.82, 2.24) is 25.4 Å². The first kappa shape index (κ1) is 13.9. The predicted molar refractivity (Wildman–Crippen MR) is 73.5 cm³/mol. The number of rotatable bonds is 4. The minimum Gasteiger partial charge on any atom is -0.271 e. The molecule has 3 N–H and O–H groups in total. The lowest BCUT2D eigenvalue weighted by atomic mass is 10.0. The smallest absolute Gasteiger partial charge is 0.0912 e. The lowest BCUT2D eigenvalue weighted by Crippen LogP contribution is -2.31. The normalized spacial score (nSPS) is 12.7. The summed E-state index contributed by atoms with van der Waals surface area (Å²) in [6, 6.07) is 1.71. The Balaban J connectivity index is 2.57. The topological polar surface area (TPSA) is 81.7 Å². The van der Waals surface area contributed by atoms with Gasteiger partial charge in [0.05, 0.1) is 34.3 Å². The molecular weight excluding hydrogens is 264 g/mol. The maximum Gasteiger partial charge on any atom is 0.0912 e. The van der Waals surface area contributed by atoms with E-state index in [-0.39, 0.29) is 6.04 Å². The Morgan fingerprint density at radius 3 is 2.74 bits per heavy atom.